The average molecular weight is 403 g/mol. The van der Waals surface area contributed by atoms with Gasteiger partial charge in [-0.2, -0.15) is 0 Å². The van der Waals surface area contributed by atoms with E-state index in [4.69, 9.17) is 14.2 Å². The molecule has 0 aliphatic carbocycles. The van der Waals surface area contributed by atoms with E-state index in [0.29, 0.717) is 37.7 Å². The summed E-state index contributed by atoms with van der Waals surface area (Å²) in [5.74, 6) is 0.313. The van der Waals surface area contributed by atoms with E-state index < -0.39 is 0 Å². The molecule has 0 aliphatic heterocycles. The molecule has 0 spiro atoms. The lowest BCUT2D eigenvalue weighted by atomic mass is 10.2. The fourth-order valence-electron chi connectivity index (χ4n) is 1.84. The summed E-state index contributed by atoms with van der Waals surface area (Å²) >= 11 is 0. The SMILES string of the molecule is CCNC(=O)c1cccc(OCC(OCCOCC(=O)NC)SSC)c1. The number of amides is 2. The minimum absolute atomic E-state index is 0.0172. The van der Waals surface area contributed by atoms with Crippen molar-refractivity contribution in [3.63, 3.8) is 0 Å². The van der Waals surface area contributed by atoms with Gasteiger partial charge in [0.2, 0.25) is 5.91 Å². The fraction of sp³-hybridized carbons (Fsp3) is 0.529. The van der Waals surface area contributed by atoms with Crippen LogP contribution in [0.2, 0.25) is 0 Å². The number of hydrogen-bond acceptors (Lipinski definition) is 7. The van der Waals surface area contributed by atoms with E-state index in [9.17, 15) is 9.59 Å². The van der Waals surface area contributed by atoms with Crippen LogP contribution in [0.1, 0.15) is 17.3 Å². The maximum atomic E-state index is 11.9. The number of carbonyl (C=O) groups excluding carboxylic acids is 2. The van der Waals surface area contributed by atoms with Crippen LogP contribution >= 0.6 is 21.6 Å². The third-order valence-corrected chi connectivity index (χ3v) is 4.97. The molecule has 0 saturated carbocycles. The number of carbonyl (C=O) groups is 2. The van der Waals surface area contributed by atoms with Gasteiger partial charge in [-0.1, -0.05) is 27.7 Å². The smallest absolute Gasteiger partial charge is 0.251 e. The normalized spacial score (nSPS) is 11.7. The second kappa shape index (κ2) is 13.7. The Morgan fingerprint density at radius 2 is 2.08 bits per heavy atom. The van der Waals surface area contributed by atoms with Crippen LogP contribution in [0.4, 0.5) is 0 Å². The van der Waals surface area contributed by atoms with Gasteiger partial charge < -0.3 is 24.8 Å². The van der Waals surface area contributed by atoms with E-state index in [2.05, 4.69) is 10.6 Å². The molecule has 0 fully saturated rings. The molecule has 1 aromatic rings. The van der Waals surface area contributed by atoms with Crippen LogP contribution in [0, 0.1) is 0 Å². The largest absolute Gasteiger partial charge is 0.490 e. The van der Waals surface area contributed by atoms with Gasteiger partial charge in [-0.3, -0.25) is 9.59 Å². The molecular weight excluding hydrogens is 376 g/mol. The van der Waals surface area contributed by atoms with Crippen molar-refractivity contribution in [1.29, 1.82) is 0 Å². The Balaban J connectivity index is 2.41. The zero-order chi connectivity index (χ0) is 19.2. The number of benzene rings is 1. The van der Waals surface area contributed by atoms with Crippen molar-refractivity contribution in [3.05, 3.63) is 29.8 Å². The molecule has 7 nitrogen and oxygen atoms in total. The van der Waals surface area contributed by atoms with E-state index >= 15 is 0 Å². The van der Waals surface area contributed by atoms with Gasteiger partial charge in [-0.25, -0.2) is 0 Å². The topological polar surface area (TPSA) is 85.9 Å². The number of ether oxygens (including phenoxy) is 3. The lowest BCUT2D eigenvalue weighted by Gasteiger charge is -2.17. The Bertz CT molecular complexity index is 560. The van der Waals surface area contributed by atoms with Crippen molar-refractivity contribution in [2.75, 3.05) is 46.3 Å². The summed E-state index contributed by atoms with van der Waals surface area (Å²) in [7, 11) is 4.67. The number of hydrogen-bond donors (Lipinski definition) is 2. The quantitative estimate of drug-likeness (QED) is 0.296. The van der Waals surface area contributed by atoms with E-state index in [-0.39, 0.29) is 23.9 Å². The van der Waals surface area contributed by atoms with Gasteiger partial charge in [0.1, 0.15) is 24.4 Å². The van der Waals surface area contributed by atoms with Crippen LogP contribution in [0.5, 0.6) is 5.75 Å². The first-order valence-electron chi connectivity index (χ1n) is 8.21. The first kappa shape index (κ1) is 22.6. The van der Waals surface area contributed by atoms with Crippen LogP contribution in [0.25, 0.3) is 0 Å². The molecule has 0 aliphatic rings. The summed E-state index contributed by atoms with van der Waals surface area (Å²) in [5.41, 5.74) is 0.365. The highest BCUT2D eigenvalue weighted by Crippen LogP contribution is 2.25. The van der Waals surface area contributed by atoms with Gasteiger partial charge in [-0.15, -0.1) is 0 Å². The summed E-state index contributed by atoms with van der Waals surface area (Å²) < 4.78 is 16.7. The Hall–Kier alpha value is -1.42. The Labute approximate surface area is 162 Å². The van der Waals surface area contributed by atoms with Gasteiger partial charge >= 0.3 is 0 Å². The molecule has 1 aromatic carbocycles. The lowest BCUT2D eigenvalue weighted by Crippen LogP contribution is -2.25. The van der Waals surface area contributed by atoms with Gasteiger partial charge in [0, 0.05) is 19.2 Å². The summed E-state index contributed by atoms with van der Waals surface area (Å²) in [6, 6.07) is 7.03. The minimum atomic E-state index is -0.193. The predicted molar refractivity (Wildman–Crippen MR) is 106 cm³/mol. The van der Waals surface area contributed by atoms with Crippen LogP contribution < -0.4 is 15.4 Å². The highest BCUT2D eigenvalue weighted by atomic mass is 33.1. The molecule has 0 heterocycles. The van der Waals surface area contributed by atoms with Crippen molar-refractivity contribution in [3.8, 4) is 5.75 Å². The monoisotopic (exact) mass is 402 g/mol. The van der Waals surface area contributed by atoms with Crippen molar-refractivity contribution in [1.82, 2.24) is 10.6 Å². The predicted octanol–water partition coefficient (Wildman–Crippen LogP) is 1.93. The third kappa shape index (κ3) is 9.33. The molecule has 1 rings (SSSR count). The van der Waals surface area contributed by atoms with Gasteiger partial charge in [0.05, 0.1) is 13.2 Å². The Kier molecular flexibility index (Phi) is 12.0. The molecular formula is C17H26N2O5S2. The summed E-state index contributed by atoms with van der Waals surface area (Å²) in [5, 5.41) is 5.24. The van der Waals surface area contributed by atoms with Crippen molar-refractivity contribution in [2.24, 2.45) is 0 Å². The van der Waals surface area contributed by atoms with E-state index in [0.717, 1.165) is 0 Å². The van der Waals surface area contributed by atoms with Crippen LogP contribution in [-0.2, 0) is 14.3 Å². The molecule has 0 aromatic heterocycles. The minimum Gasteiger partial charge on any atom is -0.490 e. The molecule has 2 amide bonds. The number of likely N-dealkylation sites (N-methyl/N-ethyl adjacent to an activating group) is 1. The number of rotatable bonds is 13. The second-order valence-corrected chi connectivity index (χ2v) is 7.62. The van der Waals surface area contributed by atoms with Crippen molar-refractivity contribution in [2.45, 2.75) is 12.4 Å². The third-order valence-electron chi connectivity index (χ3n) is 3.07. The van der Waals surface area contributed by atoms with Gasteiger partial charge in [0.25, 0.3) is 5.91 Å². The van der Waals surface area contributed by atoms with Crippen LogP contribution in [0.15, 0.2) is 24.3 Å². The zero-order valence-corrected chi connectivity index (χ0v) is 16.9. The highest BCUT2D eigenvalue weighted by molar-refractivity contribution is 8.76. The zero-order valence-electron chi connectivity index (χ0n) is 15.3. The molecule has 0 saturated heterocycles. The molecule has 146 valence electrons. The standard InChI is InChI=1S/C17H26N2O5S2/c1-4-19-17(21)13-6-5-7-14(10-13)24-12-16(26-25-3)23-9-8-22-11-15(20)18-2/h5-7,10,16H,4,8-9,11-12H2,1-3H3,(H,18,20)(H,19,21). The number of nitrogens with one attached hydrogen (secondary N) is 2. The Morgan fingerprint density at radius 3 is 2.77 bits per heavy atom. The van der Waals surface area contributed by atoms with Gasteiger partial charge in [-0.05, 0) is 31.4 Å². The maximum absolute atomic E-state index is 11.9. The van der Waals surface area contributed by atoms with E-state index in [1.807, 2.05) is 13.2 Å². The maximum Gasteiger partial charge on any atom is 0.251 e. The molecule has 0 radical (unpaired) electrons. The summed E-state index contributed by atoms with van der Waals surface area (Å²) in [4.78, 5) is 22.9. The summed E-state index contributed by atoms with van der Waals surface area (Å²) in [6.45, 7) is 3.48. The lowest BCUT2D eigenvalue weighted by molar-refractivity contribution is -0.125. The van der Waals surface area contributed by atoms with E-state index in [1.165, 1.54) is 10.8 Å². The highest BCUT2D eigenvalue weighted by Gasteiger charge is 2.12. The Morgan fingerprint density at radius 1 is 1.27 bits per heavy atom. The second-order valence-electron chi connectivity index (χ2n) is 4.99. The molecule has 1 unspecified atom stereocenters. The molecule has 9 heteroatoms. The molecule has 1 atom stereocenters. The van der Waals surface area contributed by atoms with Gasteiger partial charge in [0.15, 0.2) is 0 Å². The molecule has 26 heavy (non-hydrogen) atoms. The molecule has 0 bridgehead atoms. The van der Waals surface area contributed by atoms with Crippen LogP contribution in [0.3, 0.4) is 0 Å². The first-order chi connectivity index (χ1) is 12.6. The van der Waals surface area contributed by atoms with Crippen molar-refractivity contribution < 1.29 is 23.8 Å². The summed E-state index contributed by atoms with van der Waals surface area (Å²) in [6.07, 6.45) is 1.96. The fourth-order valence-corrected chi connectivity index (χ4v) is 3.31. The van der Waals surface area contributed by atoms with Crippen molar-refractivity contribution >= 4 is 33.4 Å². The average Bonchev–Trinajstić information content (AvgIpc) is 2.65. The van der Waals surface area contributed by atoms with Crippen LogP contribution in [-0.4, -0.2) is 63.5 Å². The van der Waals surface area contributed by atoms with E-state index in [1.54, 1.807) is 42.1 Å². The molecule has 2 N–H and O–H groups in total. The first-order valence-corrected chi connectivity index (χ1v) is 10.8.